The van der Waals surface area contributed by atoms with E-state index in [1.54, 1.807) is 11.8 Å². The van der Waals surface area contributed by atoms with Crippen LogP contribution in [0.2, 0.25) is 0 Å². The molecular formula is C16H20N2S. The van der Waals surface area contributed by atoms with Gasteiger partial charge in [0.1, 0.15) is 5.03 Å². The maximum absolute atomic E-state index is 4.54. The molecule has 0 fully saturated rings. The molecule has 19 heavy (non-hydrogen) atoms. The first-order valence-corrected chi connectivity index (χ1v) is 7.30. The third kappa shape index (κ3) is 3.37. The number of hydrogen-bond donors (Lipinski definition) is 1. The molecule has 1 aromatic heterocycles. The van der Waals surface area contributed by atoms with Gasteiger partial charge in [-0.3, -0.25) is 0 Å². The Hall–Kier alpha value is -1.32. The van der Waals surface area contributed by atoms with Gasteiger partial charge in [0.05, 0.1) is 0 Å². The van der Waals surface area contributed by atoms with Gasteiger partial charge in [-0.2, -0.15) is 0 Å². The highest BCUT2D eigenvalue weighted by Gasteiger charge is 2.11. The molecule has 0 amide bonds. The number of hydrogen-bond acceptors (Lipinski definition) is 3. The Kier molecular flexibility index (Phi) is 4.61. The van der Waals surface area contributed by atoms with Gasteiger partial charge >= 0.3 is 0 Å². The summed E-state index contributed by atoms with van der Waals surface area (Å²) in [7, 11) is 1.98. The molecule has 3 heteroatoms. The Morgan fingerprint density at radius 1 is 1.21 bits per heavy atom. The summed E-state index contributed by atoms with van der Waals surface area (Å²) in [5.74, 6) is 0. The van der Waals surface area contributed by atoms with Gasteiger partial charge in [-0.05, 0) is 51.1 Å². The molecule has 2 nitrogen and oxygen atoms in total. The van der Waals surface area contributed by atoms with E-state index in [2.05, 4.69) is 55.3 Å². The smallest absolute Gasteiger partial charge is 0.105 e. The molecule has 0 spiro atoms. The third-order valence-electron chi connectivity index (χ3n) is 3.25. The number of benzene rings is 1. The van der Waals surface area contributed by atoms with Crippen LogP contribution < -0.4 is 5.32 Å². The van der Waals surface area contributed by atoms with Crippen molar-refractivity contribution in [2.24, 2.45) is 0 Å². The zero-order valence-corrected chi connectivity index (χ0v) is 12.7. The van der Waals surface area contributed by atoms with E-state index in [0.717, 1.165) is 5.03 Å². The lowest BCUT2D eigenvalue weighted by molar-refractivity contribution is 0.634. The van der Waals surface area contributed by atoms with Gasteiger partial charge in [0.15, 0.2) is 0 Å². The molecule has 0 aliphatic heterocycles. The summed E-state index contributed by atoms with van der Waals surface area (Å²) in [6.07, 6.45) is 1.86. The number of nitrogens with one attached hydrogen (secondary N) is 1. The summed E-state index contributed by atoms with van der Waals surface area (Å²) < 4.78 is 0. The monoisotopic (exact) mass is 272 g/mol. The van der Waals surface area contributed by atoms with Crippen molar-refractivity contribution in [1.29, 1.82) is 0 Å². The van der Waals surface area contributed by atoms with Gasteiger partial charge in [0.2, 0.25) is 0 Å². The SMILES string of the molecule is CNC(C)c1cccnc1Sc1cc(C)ccc1C. The molecule has 100 valence electrons. The van der Waals surface area contributed by atoms with E-state index in [-0.39, 0.29) is 0 Å². The summed E-state index contributed by atoms with van der Waals surface area (Å²) in [5, 5.41) is 4.36. The minimum Gasteiger partial charge on any atom is -0.313 e. The van der Waals surface area contributed by atoms with E-state index in [1.807, 2.05) is 19.3 Å². The lowest BCUT2D eigenvalue weighted by Crippen LogP contribution is -2.13. The normalized spacial score (nSPS) is 12.4. The van der Waals surface area contributed by atoms with Crippen molar-refractivity contribution < 1.29 is 0 Å². The largest absolute Gasteiger partial charge is 0.313 e. The Bertz CT molecular complexity index is 566. The second kappa shape index (κ2) is 6.22. The predicted molar refractivity (Wildman–Crippen MR) is 81.8 cm³/mol. The average Bonchev–Trinajstić information content (AvgIpc) is 2.42. The van der Waals surface area contributed by atoms with Crippen molar-refractivity contribution in [3.63, 3.8) is 0 Å². The van der Waals surface area contributed by atoms with E-state index < -0.39 is 0 Å². The van der Waals surface area contributed by atoms with Crippen LogP contribution in [0, 0.1) is 13.8 Å². The second-order valence-corrected chi connectivity index (χ2v) is 5.81. The molecule has 0 aliphatic carbocycles. The van der Waals surface area contributed by atoms with Crippen LogP contribution in [0.5, 0.6) is 0 Å². The highest BCUT2D eigenvalue weighted by atomic mass is 32.2. The first kappa shape index (κ1) is 14.1. The maximum atomic E-state index is 4.54. The molecule has 0 bridgehead atoms. The molecule has 1 N–H and O–H groups in total. The number of rotatable bonds is 4. The van der Waals surface area contributed by atoms with Gasteiger partial charge in [-0.1, -0.05) is 30.0 Å². The molecular weight excluding hydrogens is 252 g/mol. The van der Waals surface area contributed by atoms with E-state index in [0.29, 0.717) is 6.04 Å². The Labute approximate surface area is 119 Å². The minimum atomic E-state index is 0.307. The standard InChI is InChI=1S/C16H20N2S/c1-11-7-8-12(2)15(10-11)19-16-14(13(3)17-4)6-5-9-18-16/h5-10,13,17H,1-4H3. The molecule has 1 heterocycles. The zero-order chi connectivity index (χ0) is 13.8. The topological polar surface area (TPSA) is 24.9 Å². The second-order valence-electron chi connectivity index (χ2n) is 4.78. The van der Waals surface area contributed by atoms with Crippen LogP contribution in [0.3, 0.4) is 0 Å². The fraction of sp³-hybridized carbons (Fsp3) is 0.312. The molecule has 0 aliphatic rings. The van der Waals surface area contributed by atoms with Gasteiger partial charge in [0.25, 0.3) is 0 Å². The predicted octanol–water partition coefficient (Wildman–Crippen LogP) is 4.13. The Morgan fingerprint density at radius 2 is 2.00 bits per heavy atom. The van der Waals surface area contributed by atoms with Crippen LogP contribution in [0.25, 0.3) is 0 Å². The summed E-state index contributed by atoms with van der Waals surface area (Å²) in [6, 6.07) is 11.0. The molecule has 1 unspecified atom stereocenters. The number of nitrogens with zero attached hydrogens (tertiary/aromatic N) is 1. The van der Waals surface area contributed by atoms with E-state index in [4.69, 9.17) is 0 Å². The molecule has 0 saturated carbocycles. The third-order valence-corrected chi connectivity index (χ3v) is 4.44. The van der Waals surface area contributed by atoms with Crippen molar-refractivity contribution in [2.75, 3.05) is 7.05 Å². The van der Waals surface area contributed by atoms with Crippen molar-refractivity contribution in [2.45, 2.75) is 36.7 Å². The molecule has 2 rings (SSSR count). The first-order valence-electron chi connectivity index (χ1n) is 6.49. The quantitative estimate of drug-likeness (QED) is 0.906. The Balaban J connectivity index is 2.35. The van der Waals surface area contributed by atoms with Gasteiger partial charge in [-0.15, -0.1) is 0 Å². The highest BCUT2D eigenvalue weighted by molar-refractivity contribution is 7.99. The maximum Gasteiger partial charge on any atom is 0.105 e. The van der Waals surface area contributed by atoms with Crippen LogP contribution in [0.4, 0.5) is 0 Å². The van der Waals surface area contributed by atoms with Crippen LogP contribution in [0.15, 0.2) is 46.5 Å². The molecule has 0 saturated heterocycles. The van der Waals surface area contributed by atoms with Crippen LogP contribution in [0.1, 0.15) is 29.7 Å². The fourth-order valence-electron chi connectivity index (χ4n) is 1.90. The van der Waals surface area contributed by atoms with Crippen molar-refractivity contribution in [1.82, 2.24) is 10.3 Å². The zero-order valence-electron chi connectivity index (χ0n) is 11.9. The van der Waals surface area contributed by atoms with Gasteiger partial charge in [-0.25, -0.2) is 4.98 Å². The van der Waals surface area contributed by atoms with E-state index in [1.165, 1.54) is 21.6 Å². The van der Waals surface area contributed by atoms with E-state index >= 15 is 0 Å². The van der Waals surface area contributed by atoms with Crippen LogP contribution in [-0.4, -0.2) is 12.0 Å². The van der Waals surface area contributed by atoms with Crippen LogP contribution in [-0.2, 0) is 0 Å². The molecule has 1 atom stereocenters. The Morgan fingerprint density at radius 3 is 2.74 bits per heavy atom. The first-order chi connectivity index (χ1) is 9.11. The van der Waals surface area contributed by atoms with E-state index in [9.17, 15) is 0 Å². The number of aromatic nitrogens is 1. The summed E-state index contributed by atoms with van der Waals surface area (Å²) >= 11 is 1.75. The lowest BCUT2D eigenvalue weighted by atomic mass is 10.1. The van der Waals surface area contributed by atoms with Crippen molar-refractivity contribution in [3.05, 3.63) is 53.2 Å². The number of aryl methyl sites for hydroxylation is 2. The van der Waals surface area contributed by atoms with Crippen LogP contribution >= 0.6 is 11.8 Å². The highest BCUT2D eigenvalue weighted by Crippen LogP contribution is 2.33. The lowest BCUT2D eigenvalue weighted by Gasteiger charge is -2.15. The van der Waals surface area contributed by atoms with Crippen molar-refractivity contribution >= 4 is 11.8 Å². The molecule has 0 radical (unpaired) electrons. The summed E-state index contributed by atoms with van der Waals surface area (Å²) in [4.78, 5) is 5.82. The summed E-state index contributed by atoms with van der Waals surface area (Å²) in [5.41, 5.74) is 3.83. The van der Waals surface area contributed by atoms with Gasteiger partial charge in [0, 0.05) is 22.7 Å². The average molecular weight is 272 g/mol. The number of pyridine rings is 1. The molecule has 1 aromatic carbocycles. The minimum absolute atomic E-state index is 0.307. The fourth-order valence-corrected chi connectivity index (χ4v) is 3.05. The van der Waals surface area contributed by atoms with Gasteiger partial charge < -0.3 is 5.32 Å². The summed E-state index contributed by atoms with van der Waals surface area (Å²) in [6.45, 7) is 6.43. The van der Waals surface area contributed by atoms with Crippen molar-refractivity contribution in [3.8, 4) is 0 Å². The molecule has 2 aromatic rings.